The van der Waals surface area contributed by atoms with Gasteiger partial charge >= 0.3 is 5.97 Å². The van der Waals surface area contributed by atoms with Crippen LogP contribution in [0.1, 0.15) is 55.9 Å². The average molecular weight is 672 g/mol. The van der Waals surface area contributed by atoms with Crippen LogP contribution < -0.4 is 5.32 Å². The molecule has 2 aromatic rings. The number of rotatable bonds is 9. The number of unbranched alkanes of at least 4 members (excludes halogenated alkanes) is 1. The molecule has 8 atom stereocenters. The number of allylic oxidation sites excluding steroid dienone is 1. The number of fused-ring (bicyclic) bond motifs is 2. The first-order chi connectivity index (χ1) is 23.8. The normalized spacial score (nSPS) is 31.4. The number of amides is 3. The highest BCUT2D eigenvalue weighted by Gasteiger charge is 2.74. The lowest BCUT2D eigenvalue weighted by molar-refractivity contribution is -0.163. The van der Waals surface area contributed by atoms with Gasteiger partial charge in [-0.1, -0.05) is 98.3 Å². The Kier molecular flexibility index (Phi) is 10.6. The molecule has 1 spiro atoms. The van der Waals surface area contributed by atoms with E-state index in [2.05, 4.69) is 5.32 Å². The number of esters is 1. The first kappa shape index (κ1) is 34.5. The molecule has 0 aliphatic carbocycles. The number of benzene rings is 2. The molecule has 2 N–H and O–H groups in total. The maximum Gasteiger partial charge on any atom is 0.313 e. The summed E-state index contributed by atoms with van der Waals surface area (Å²) >= 11 is 0. The molecule has 2 saturated heterocycles. The van der Waals surface area contributed by atoms with Gasteiger partial charge in [0.1, 0.15) is 23.7 Å². The molecule has 11 nitrogen and oxygen atoms in total. The van der Waals surface area contributed by atoms with Crippen molar-refractivity contribution in [3.63, 3.8) is 0 Å². The van der Waals surface area contributed by atoms with Crippen molar-refractivity contribution in [2.45, 2.75) is 68.5 Å². The second-order valence-electron chi connectivity index (χ2n) is 13.1. The third-order valence-electron chi connectivity index (χ3n) is 10.1. The number of aliphatic hydroxyl groups excluding tert-OH is 1. The van der Waals surface area contributed by atoms with Crippen LogP contribution in [0.4, 0.5) is 0 Å². The Balaban J connectivity index is 1.47. The molecular weight excluding hydrogens is 626 g/mol. The Hall–Kier alpha value is -4.32. The fourth-order valence-corrected chi connectivity index (χ4v) is 7.76. The number of cyclic esters (lactones) is 1. The maximum atomic E-state index is 14.8. The van der Waals surface area contributed by atoms with Crippen molar-refractivity contribution in [1.82, 2.24) is 15.1 Å². The van der Waals surface area contributed by atoms with Crippen LogP contribution in [0.25, 0.3) is 0 Å². The number of carbonyl (C=O) groups excluding carboxylic acids is 4. The van der Waals surface area contributed by atoms with Gasteiger partial charge in [-0.05, 0) is 24.0 Å². The first-order valence-corrected chi connectivity index (χ1v) is 17.2. The zero-order valence-corrected chi connectivity index (χ0v) is 28.0. The van der Waals surface area contributed by atoms with Crippen molar-refractivity contribution in [2.75, 3.05) is 33.4 Å². The van der Waals surface area contributed by atoms with E-state index in [0.29, 0.717) is 24.1 Å². The number of hydrogen-bond donors (Lipinski definition) is 2. The van der Waals surface area contributed by atoms with Gasteiger partial charge in [-0.3, -0.25) is 19.2 Å². The highest BCUT2D eigenvalue weighted by atomic mass is 16.6. The quantitative estimate of drug-likeness (QED) is 0.307. The van der Waals surface area contributed by atoms with Gasteiger partial charge in [0, 0.05) is 26.6 Å². The number of hydrogen-bond acceptors (Lipinski definition) is 8. The molecular formula is C38H45N3O8. The second-order valence-corrected chi connectivity index (χ2v) is 13.1. The van der Waals surface area contributed by atoms with E-state index < -0.39 is 66.3 Å². The van der Waals surface area contributed by atoms with Gasteiger partial charge in [0.05, 0.1) is 37.3 Å². The summed E-state index contributed by atoms with van der Waals surface area (Å²) in [6.07, 6.45) is 7.68. The van der Waals surface area contributed by atoms with Crippen LogP contribution >= 0.6 is 0 Å². The van der Waals surface area contributed by atoms with E-state index in [1.54, 1.807) is 17.1 Å². The van der Waals surface area contributed by atoms with E-state index in [-0.39, 0.29) is 31.4 Å². The number of ether oxygens (including phenoxy) is 3. The molecule has 0 unspecified atom stereocenters. The van der Waals surface area contributed by atoms with Crippen LogP contribution in [0, 0.1) is 11.8 Å². The van der Waals surface area contributed by atoms with Crippen molar-refractivity contribution in [2.24, 2.45) is 11.8 Å². The van der Waals surface area contributed by atoms with Crippen LogP contribution in [-0.4, -0.2) is 95.8 Å². The molecule has 4 aliphatic heterocycles. The van der Waals surface area contributed by atoms with Crippen molar-refractivity contribution in [3.05, 3.63) is 96.1 Å². The minimum absolute atomic E-state index is 0.0667. The van der Waals surface area contributed by atoms with E-state index in [9.17, 15) is 24.3 Å². The zero-order valence-electron chi connectivity index (χ0n) is 28.0. The van der Waals surface area contributed by atoms with E-state index >= 15 is 0 Å². The predicted molar refractivity (Wildman–Crippen MR) is 180 cm³/mol. The molecule has 49 heavy (non-hydrogen) atoms. The Morgan fingerprint density at radius 1 is 1.02 bits per heavy atom. The standard InChI is InChI=1S/C38H45N3O8/c1-3-4-21-40-22-13-7-12-18-30(43)39-27(24-47-2)33(26-16-10-6-11-17-26)48-37(46)31-29-19-20-38(49-29)32(31)35(44)41(34(38)36(40)45)28(23-42)25-14-8-5-9-15-25/h5-11,13-17,19-20,27-29,31-34,42H,3-4,12,18,21-24H2,1-2H3,(H,39,43)/b13-7-/t27-,28+,29+,31-,32-,33-,34+,38-/m0/s1. The lowest BCUT2D eigenvalue weighted by Crippen LogP contribution is -2.56. The largest absolute Gasteiger partial charge is 0.455 e. The summed E-state index contributed by atoms with van der Waals surface area (Å²) in [6.45, 7) is 2.36. The van der Waals surface area contributed by atoms with Crippen LogP contribution in [-0.2, 0) is 33.4 Å². The number of nitrogens with zero attached hydrogens (tertiary/aromatic N) is 2. The van der Waals surface area contributed by atoms with Gasteiger partial charge in [-0.15, -0.1) is 0 Å². The Labute approximate surface area is 286 Å². The third kappa shape index (κ3) is 6.54. The van der Waals surface area contributed by atoms with Crippen LogP contribution in [0.5, 0.6) is 0 Å². The van der Waals surface area contributed by atoms with Crippen LogP contribution in [0.15, 0.2) is 85.0 Å². The molecule has 0 radical (unpaired) electrons. The highest BCUT2D eigenvalue weighted by molar-refractivity contribution is 5.99. The maximum absolute atomic E-state index is 14.8. The summed E-state index contributed by atoms with van der Waals surface area (Å²) in [6, 6.07) is 15.5. The number of aliphatic hydroxyl groups is 1. The Bertz CT molecular complexity index is 1570. The molecule has 0 saturated carbocycles. The minimum Gasteiger partial charge on any atom is -0.455 e. The number of likely N-dealkylation sites (tertiary alicyclic amines) is 1. The van der Waals surface area contributed by atoms with Gasteiger partial charge in [0.15, 0.2) is 0 Å². The van der Waals surface area contributed by atoms with Gasteiger partial charge < -0.3 is 34.4 Å². The van der Waals surface area contributed by atoms with E-state index in [4.69, 9.17) is 14.2 Å². The number of carbonyl (C=O) groups is 4. The fourth-order valence-electron chi connectivity index (χ4n) is 7.76. The molecule has 3 amide bonds. The Morgan fingerprint density at radius 2 is 1.76 bits per heavy atom. The predicted octanol–water partition coefficient (Wildman–Crippen LogP) is 3.27. The first-order valence-electron chi connectivity index (χ1n) is 17.2. The van der Waals surface area contributed by atoms with Gasteiger partial charge in [-0.2, -0.15) is 0 Å². The number of nitrogens with one attached hydrogen (secondary N) is 1. The summed E-state index contributed by atoms with van der Waals surface area (Å²) in [4.78, 5) is 60.4. The van der Waals surface area contributed by atoms with Crippen molar-refractivity contribution in [3.8, 4) is 0 Å². The SMILES string of the molecule is CCCCN1C/C=C\CCC(=O)N[C@@H](COC)[C@H](c2ccccc2)OC(=O)[C@@H]2[C@H]3C(=O)N([C@H](CO)c4ccccc4)[C@H](C1=O)[C@]31C=C[C@H]2O1. The third-order valence-corrected chi connectivity index (χ3v) is 10.1. The summed E-state index contributed by atoms with van der Waals surface area (Å²) in [7, 11) is 1.51. The lowest BCUT2D eigenvalue weighted by Gasteiger charge is -2.39. The molecule has 6 rings (SSSR count). The zero-order chi connectivity index (χ0) is 34.5. The van der Waals surface area contributed by atoms with Crippen molar-refractivity contribution in [1.29, 1.82) is 0 Å². The molecule has 4 aliphatic rings. The lowest BCUT2D eigenvalue weighted by atomic mass is 9.74. The van der Waals surface area contributed by atoms with E-state index in [1.807, 2.05) is 79.7 Å². The Morgan fingerprint density at radius 3 is 2.45 bits per heavy atom. The molecule has 260 valence electrons. The van der Waals surface area contributed by atoms with Gasteiger partial charge in [0.25, 0.3) is 0 Å². The summed E-state index contributed by atoms with van der Waals surface area (Å²) < 4.78 is 18.4. The number of methoxy groups -OCH3 is 1. The average Bonchev–Trinajstić information content (AvgIpc) is 3.76. The fraction of sp³-hybridized carbons (Fsp3) is 0.474. The van der Waals surface area contributed by atoms with Gasteiger partial charge in [-0.25, -0.2) is 0 Å². The highest BCUT2D eigenvalue weighted by Crippen LogP contribution is 2.57. The summed E-state index contributed by atoms with van der Waals surface area (Å²) in [5, 5.41) is 13.8. The molecule has 4 heterocycles. The summed E-state index contributed by atoms with van der Waals surface area (Å²) in [5.41, 5.74) is -0.140. The summed E-state index contributed by atoms with van der Waals surface area (Å²) in [5.74, 6) is -3.85. The molecule has 11 heteroatoms. The monoisotopic (exact) mass is 671 g/mol. The topological polar surface area (TPSA) is 135 Å². The smallest absolute Gasteiger partial charge is 0.313 e. The van der Waals surface area contributed by atoms with E-state index in [1.165, 1.54) is 12.0 Å². The molecule has 2 fully saturated rings. The van der Waals surface area contributed by atoms with E-state index in [0.717, 1.165) is 12.8 Å². The minimum atomic E-state index is -1.45. The van der Waals surface area contributed by atoms with Crippen molar-refractivity contribution < 1.29 is 38.5 Å². The van der Waals surface area contributed by atoms with Gasteiger partial charge in [0.2, 0.25) is 17.7 Å². The molecule has 5 bridgehead atoms. The van der Waals surface area contributed by atoms with Crippen LogP contribution in [0.3, 0.4) is 0 Å². The molecule has 0 aromatic heterocycles. The van der Waals surface area contributed by atoms with Crippen LogP contribution in [0.2, 0.25) is 0 Å². The molecule has 2 aromatic carbocycles. The van der Waals surface area contributed by atoms with Crippen molar-refractivity contribution >= 4 is 23.7 Å². The second kappa shape index (κ2) is 15.1.